The predicted octanol–water partition coefficient (Wildman–Crippen LogP) is 4.03. The molecular weight excluding hydrogens is 434 g/mol. The minimum atomic E-state index is -4.07. The molecule has 0 saturated heterocycles. The van der Waals surface area contributed by atoms with E-state index in [1.807, 2.05) is 0 Å². The van der Waals surface area contributed by atoms with Crippen molar-refractivity contribution in [2.75, 3.05) is 0 Å². The van der Waals surface area contributed by atoms with Gasteiger partial charge in [-0.2, -0.15) is 8.42 Å². The maximum Gasteiger partial charge on any atom is 0.298 e. The second-order valence-corrected chi connectivity index (χ2v) is 8.38. The second-order valence-electron chi connectivity index (χ2n) is 6.05. The van der Waals surface area contributed by atoms with E-state index in [-0.39, 0.29) is 56.0 Å². The Morgan fingerprint density at radius 1 is 0.821 bits per heavy atom. The van der Waals surface area contributed by atoms with Gasteiger partial charge in [-0.15, -0.1) is 0 Å². The monoisotopic (exact) mass is 445 g/mol. The molecule has 0 saturated carbocycles. The van der Waals surface area contributed by atoms with Gasteiger partial charge in [0.1, 0.15) is 16.4 Å². The molecule has 0 unspecified atom stereocenters. The van der Waals surface area contributed by atoms with Crippen LogP contribution in [0.3, 0.4) is 0 Å². The first-order valence-corrected chi connectivity index (χ1v) is 9.95. The van der Waals surface area contributed by atoms with E-state index in [2.05, 4.69) is 0 Å². The van der Waals surface area contributed by atoms with E-state index in [4.69, 9.17) is 27.4 Å². The molecule has 1 aliphatic rings. The Labute approximate surface area is 193 Å². The summed E-state index contributed by atoms with van der Waals surface area (Å²) in [5.74, 6) is -0.290. The average Bonchev–Trinajstić information content (AvgIpc) is 2.89. The van der Waals surface area contributed by atoms with Crippen LogP contribution >= 0.6 is 23.2 Å². The molecule has 1 aliphatic heterocycles. The summed E-state index contributed by atoms with van der Waals surface area (Å²) in [6.45, 7) is 0. The van der Waals surface area contributed by atoms with Gasteiger partial charge >= 0.3 is 0 Å². The molecule has 1 heterocycles. The SMILES string of the molecule is O=S1(=O)OC(c2ccc(O)c(Cl)c2)(c2ccc(O)c(Cl)c2)c2ccccc21.[Na]. The fourth-order valence-corrected chi connectivity index (χ4v) is 5.04. The summed E-state index contributed by atoms with van der Waals surface area (Å²) in [5, 5.41) is 19.6. The third-order valence-electron chi connectivity index (χ3n) is 4.48. The number of rotatable bonds is 2. The van der Waals surface area contributed by atoms with Crippen molar-refractivity contribution >= 4 is 62.9 Å². The van der Waals surface area contributed by atoms with Gasteiger partial charge < -0.3 is 10.2 Å². The normalized spacial score (nSPS) is 16.2. The third kappa shape index (κ3) is 3.23. The van der Waals surface area contributed by atoms with Crippen molar-refractivity contribution in [2.24, 2.45) is 0 Å². The zero-order chi connectivity index (χ0) is 19.4. The molecule has 4 rings (SSSR count). The largest absolute Gasteiger partial charge is 0.506 e. The number of benzene rings is 3. The number of aromatic hydroxyl groups is 2. The second kappa shape index (κ2) is 7.54. The van der Waals surface area contributed by atoms with Crippen LogP contribution in [0.2, 0.25) is 10.0 Å². The predicted molar refractivity (Wildman–Crippen MR) is 107 cm³/mol. The number of hydrogen-bond acceptors (Lipinski definition) is 5. The molecular formula is C19H12Cl2NaO5S. The quantitative estimate of drug-likeness (QED) is 0.459. The van der Waals surface area contributed by atoms with Crippen molar-refractivity contribution in [3.63, 3.8) is 0 Å². The van der Waals surface area contributed by atoms with Crippen LogP contribution in [0.1, 0.15) is 16.7 Å². The Bertz CT molecular complexity index is 1130. The first-order valence-electron chi connectivity index (χ1n) is 7.79. The van der Waals surface area contributed by atoms with E-state index in [0.29, 0.717) is 16.7 Å². The van der Waals surface area contributed by atoms with Crippen LogP contribution < -0.4 is 0 Å². The Hall–Kier alpha value is -1.25. The van der Waals surface area contributed by atoms with E-state index in [9.17, 15) is 18.6 Å². The zero-order valence-electron chi connectivity index (χ0n) is 14.6. The summed E-state index contributed by atoms with van der Waals surface area (Å²) >= 11 is 12.2. The van der Waals surface area contributed by atoms with Crippen molar-refractivity contribution in [1.29, 1.82) is 0 Å². The minimum absolute atomic E-state index is 0. The fraction of sp³-hybridized carbons (Fsp3) is 0.0526. The van der Waals surface area contributed by atoms with Crippen LogP contribution in [0, 0.1) is 0 Å². The number of phenols is 2. The molecule has 9 heteroatoms. The molecule has 3 aromatic carbocycles. The molecule has 0 aromatic heterocycles. The molecule has 0 atom stereocenters. The number of hydrogen-bond donors (Lipinski definition) is 2. The summed E-state index contributed by atoms with van der Waals surface area (Å²) in [4.78, 5) is 0.0263. The zero-order valence-corrected chi connectivity index (χ0v) is 18.9. The smallest absolute Gasteiger partial charge is 0.298 e. The van der Waals surface area contributed by atoms with Crippen LogP contribution in [0.5, 0.6) is 11.5 Å². The van der Waals surface area contributed by atoms with Gasteiger partial charge in [-0.25, -0.2) is 4.18 Å². The topological polar surface area (TPSA) is 83.8 Å². The standard InChI is InChI=1S/C19H12Cl2O5S.Na/c20-14-9-11(5-7-16(14)22)19(12-6-8-17(23)15(21)10-12)13-3-1-2-4-18(13)27(24,25)26-19;/h1-10,22-23H;. The van der Waals surface area contributed by atoms with E-state index >= 15 is 0 Å². The molecule has 0 bridgehead atoms. The van der Waals surface area contributed by atoms with Gasteiger partial charge in [0.05, 0.1) is 10.0 Å². The van der Waals surface area contributed by atoms with Gasteiger partial charge in [-0.3, -0.25) is 0 Å². The summed E-state index contributed by atoms with van der Waals surface area (Å²) in [7, 11) is -4.07. The average molecular weight is 446 g/mol. The van der Waals surface area contributed by atoms with E-state index < -0.39 is 15.7 Å². The maximum absolute atomic E-state index is 12.7. The Balaban J connectivity index is 0.00000225. The molecule has 2 N–H and O–H groups in total. The summed E-state index contributed by atoms with van der Waals surface area (Å²) in [6, 6.07) is 15.0. The van der Waals surface area contributed by atoms with Crippen molar-refractivity contribution in [3.8, 4) is 11.5 Å². The van der Waals surface area contributed by atoms with Gasteiger partial charge in [-0.1, -0.05) is 53.5 Å². The van der Waals surface area contributed by atoms with Crippen LogP contribution in [-0.2, 0) is 19.9 Å². The maximum atomic E-state index is 12.7. The summed E-state index contributed by atoms with van der Waals surface area (Å²) in [5.41, 5.74) is -0.404. The summed E-state index contributed by atoms with van der Waals surface area (Å²) in [6.07, 6.45) is 0. The first kappa shape index (κ1) is 21.5. The number of fused-ring (bicyclic) bond motifs is 1. The van der Waals surface area contributed by atoms with Crippen molar-refractivity contribution < 1.29 is 22.8 Å². The fourth-order valence-electron chi connectivity index (χ4n) is 3.26. The van der Waals surface area contributed by atoms with E-state index in [1.54, 1.807) is 18.2 Å². The molecule has 1 radical (unpaired) electrons. The first-order chi connectivity index (χ1) is 12.8. The molecule has 3 aromatic rings. The summed E-state index contributed by atoms with van der Waals surface area (Å²) < 4.78 is 31.1. The Morgan fingerprint density at radius 3 is 1.82 bits per heavy atom. The van der Waals surface area contributed by atoms with Crippen molar-refractivity contribution in [2.45, 2.75) is 10.5 Å². The van der Waals surface area contributed by atoms with Gasteiger partial charge in [0.25, 0.3) is 10.1 Å². The van der Waals surface area contributed by atoms with Gasteiger partial charge in [0.2, 0.25) is 0 Å². The number of halogens is 2. The minimum Gasteiger partial charge on any atom is -0.506 e. The van der Waals surface area contributed by atoms with Crippen LogP contribution in [-0.4, -0.2) is 48.2 Å². The molecule has 0 aliphatic carbocycles. The number of phenolic OH excluding ortho intramolecular Hbond substituents is 2. The van der Waals surface area contributed by atoms with E-state index in [1.165, 1.54) is 42.5 Å². The molecule has 0 spiro atoms. The van der Waals surface area contributed by atoms with Crippen LogP contribution in [0.4, 0.5) is 0 Å². The van der Waals surface area contributed by atoms with Gasteiger partial charge in [0.15, 0.2) is 5.60 Å². The third-order valence-corrected chi connectivity index (χ3v) is 6.45. The van der Waals surface area contributed by atoms with Crippen molar-refractivity contribution in [1.82, 2.24) is 0 Å². The molecule has 0 amide bonds. The van der Waals surface area contributed by atoms with Crippen molar-refractivity contribution in [3.05, 3.63) is 87.4 Å². The Morgan fingerprint density at radius 2 is 1.32 bits per heavy atom. The van der Waals surface area contributed by atoms with Gasteiger partial charge in [0, 0.05) is 35.1 Å². The van der Waals surface area contributed by atoms with Crippen LogP contribution in [0.25, 0.3) is 0 Å². The molecule has 139 valence electrons. The molecule has 28 heavy (non-hydrogen) atoms. The Kier molecular flexibility index (Phi) is 5.78. The van der Waals surface area contributed by atoms with E-state index in [0.717, 1.165) is 0 Å². The van der Waals surface area contributed by atoms with Crippen LogP contribution in [0.15, 0.2) is 65.6 Å². The van der Waals surface area contributed by atoms with Gasteiger partial charge in [-0.05, 0) is 41.5 Å². The molecule has 0 fully saturated rings. The molecule has 5 nitrogen and oxygen atoms in total.